The molecule has 57 heavy (non-hydrogen) atoms. The molecule has 0 spiro atoms. The highest BCUT2D eigenvalue weighted by Crippen LogP contribution is 2.46. The second-order valence-electron chi connectivity index (χ2n) is 15.2. The molecular weight excluding hydrogens is 691 g/mol. The van der Waals surface area contributed by atoms with Gasteiger partial charge in [0, 0.05) is 38.8 Å². The molecule has 12 aromatic rings. The number of nitrogens with zero attached hydrogens (tertiary/aromatic N) is 3. The second kappa shape index (κ2) is 12.3. The van der Waals surface area contributed by atoms with E-state index in [9.17, 15) is 0 Å². The number of fused-ring (bicyclic) bond motifs is 10. The standard InChI is InChI=1S/C54H35N3/c1-34-24-29-51(55-33-34)57-48-28-26-37(53-42-22-12-10-20-40(42)52(36-15-4-2-5-16-36)41-21-11-13-23-43(41)53)30-45(48)47-31-46-44-27-25-35-14-8-9-19-39(35)54(44)56(49(46)32-50(47)57)38-17-6-3-7-18-38/h2-33H,1H3. The summed E-state index contributed by atoms with van der Waals surface area (Å²) in [6.07, 6.45) is 1.97. The number of aromatic nitrogens is 3. The minimum absolute atomic E-state index is 0.906. The van der Waals surface area contributed by atoms with E-state index in [1.165, 1.54) is 87.1 Å². The number of benzene rings is 9. The van der Waals surface area contributed by atoms with E-state index in [0.29, 0.717) is 0 Å². The van der Waals surface area contributed by atoms with Crippen LogP contribution in [0.4, 0.5) is 0 Å². The van der Waals surface area contributed by atoms with Gasteiger partial charge in [-0.2, -0.15) is 0 Å². The van der Waals surface area contributed by atoms with Crippen molar-refractivity contribution >= 4 is 75.9 Å². The van der Waals surface area contributed by atoms with E-state index in [2.05, 4.69) is 204 Å². The number of hydrogen-bond donors (Lipinski definition) is 0. The predicted molar refractivity (Wildman–Crippen MR) is 241 cm³/mol. The van der Waals surface area contributed by atoms with Crippen molar-refractivity contribution in [3.8, 4) is 33.8 Å². The van der Waals surface area contributed by atoms with Gasteiger partial charge in [0.1, 0.15) is 5.82 Å². The second-order valence-corrected chi connectivity index (χ2v) is 15.2. The Morgan fingerprint density at radius 3 is 1.63 bits per heavy atom. The van der Waals surface area contributed by atoms with Crippen LogP contribution < -0.4 is 0 Å². The maximum Gasteiger partial charge on any atom is 0.137 e. The summed E-state index contributed by atoms with van der Waals surface area (Å²) in [5, 5.41) is 12.4. The highest BCUT2D eigenvalue weighted by Gasteiger charge is 2.22. The van der Waals surface area contributed by atoms with Crippen molar-refractivity contribution in [1.82, 2.24) is 14.1 Å². The van der Waals surface area contributed by atoms with Crippen molar-refractivity contribution in [3.63, 3.8) is 0 Å². The van der Waals surface area contributed by atoms with Crippen LogP contribution >= 0.6 is 0 Å². The average molecular weight is 726 g/mol. The molecule has 0 radical (unpaired) electrons. The molecule has 0 fully saturated rings. The first-order valence-corrected chi connectivity index (χ1v) is 19.6. The van der Waals surface area contributed by atoms with Gasteiger partial charge in [-0.05, 0) is 104 Å². The summed E-state index contributed by atoms with van der Waals surface area (Å²) in [5.41, 5.74) is 11.9. The Balaban J connectivity index is 1.22. The van der Waals surface area contributed by atoms with Crippen LogP contribution in [0.3, 0.4) is 0 Å². The number of rotatable bonds is 4. The third kappa shape index (κ3) is 4.69. The van der Waals surface area contributed by atoms with E-state index in [1.54, 1.807) is 0 Å². The lowest BCUT2D eigenvalue weighted by atomic mass is 9.86. The Hall–Kier alpha value is -7.49. The minimum atomic E-state index is 0.906. The van der Waals surface area contributed by atoms with Crippen molar-refractivity contribution in [2.45, 2.75) is 6.92 Å². The van der Waals surface area contributed by atoms with E-state index in [0.717, 1.165) is 28.1 Å². The fraction of sp³-hybridized carbons (Fsp3) is 0.0185. The Labute approximate surface area is 329 Å². The summed E-state index contributed by atoms with van der Waals surface area (Å²) in [4.78, 5) is 5.02. The van der Waals surface area contributed by atoms with Gasteiger partial charge in [-0.15, -0.1) is 0 Å². The first-order valence-electron chi connectivity index (χ1n) is 19.6. The first kappa shape index (κ1) is 31.8. The number of aryl methyl sites for hydroxylation is 1. The van der Waals surface area contributed by atoms with E-state index in [4.69, 9.17) is 4.98 Å². The molecule has 12 rings (SSSR count). The minimum Gasteiger partial charge on any atom is -0.309 e. The highest BCUT2D eigenvalue weighted by molar-refractivity contribution is 6.25. The molecule has 0 amide bonds. The van der Waals surface area contributed by atoms with Crippen LogP contribution in [0.2, 0.25) is 0 Å². The SMILES string of the molecule is Cc1ccc(-n2c3ccc(-c4c5ccccc5c(-c5ccccc5)c5ccccc45)cc3c3cc4c5ccc6ccccc6c5n(-c5ccccc5)c4cc32)nc1. The van der Waals surface area contributed by atoms with Crippen LogP contribution in [-0.2, 0) is 0 Å². The zero-order valence-corrected chi connectivity index (χ0v) is 31.3. The van der Waals surface area contributed by atoms with Gasteiger partial charge in [-0.1, -0.05) is 146 Å². The van der Waals surface area contributed by atoms with Gasteiger partial charge in [0.05, 0.1) is 22.1 Å². The van der Waals surface area contributed by atoms with Gasteiger partial charge < -0.3 is 4.57 Å². The summed E-state index contributed by atoms with van der Waals surface area (Å²) in [5.74, 6) is 0.906. The molecule has 0 bridgehead atoms. The monoisotopic (exact) mass is 725 g/mol. The summed E-state index contributed by atoms with van der Waals surface area (Å²) in [6, 6.07) is 68.9. The van der Waals surface area contributed by atoms with Gasteiger partial charge in [-0.3, -0.25) is 4.57 Å². The Morgan fingerprint density at radius 1 is 0.368 bits per heavy atom. The van der Waals surface area contributed by atoms with Gasteiger partial charge in [-0.25, -0.2) is 4.98 Å². The fourth-order valence-corrected chi connectivity index (χ4v) is 9.48. The lowest BCUT2D eigenvalue weighted by Crippen LogP contribution is -1.98. The third-order valence-electron chi connectivity index (χ3n) is 12.0. The molecule has 0 saturated heterocycles. The zero-order valence-electron chi connectivity index (χ0n) is 31.3. The lowest BCUT2D eigenvalue weighted by Gasteiger charge is -2.18. The quantitative estimate of drug-likeness (QED) is 0.166. The molecule has 0 atom stereocenters. The average Bonchev–Trinajstić information content (AvgIpc) is 3.77. The molecule has 0 saturated carbocycles. The van der Waals surface area contributed by atoms with Crippen molar-refractivity contribution in [1.29, 1.82) is 0 Å². The number of pyridine rings is 1. The van der Waals surface area contributed by atoms with Crippen molar-refractivity contribution in [2.24, 2.45) is 0 Å². The molecule has 3 aromatic heterocycles. The first-order chi connectivity index (χ1) is 28.2. The van der Waals surface area contributed by atoms with Crippen LogP contribution in [0.15, 0.2) is 194 Å². The molecule has 0 N–H and O–H groups in total. The van der Waals surface area contributed by atoms with Crippen molar-refractivity contribution in [3.05, 3.63) is 200 Å². The normalized spacial score (nSPS) is 11.9. The van der Waals surface area contributed by atoms with Crippen LogP contribution in [0.25, 0.3) is 110 Å². The number of hydrogen-bond acceptors (Lipinski definition) is 1. The van der Waals surface area contributed by atoms with Crippen LogP contribution in [0, 0.1) is 6.92 Å². The van der Waals surface area contributed by atoms with E-state index in [1.807, 2.05) is 6.20 Å². The summed E-state index contributed by atoms with van der Waals surface area (Å²) in [6.45, 7) is 2.10. The molecule has 3 heteroatoms. The molecule has 0 aliphatic rings. The summed E-state index contributed by atoms with van der Waals surface area (Å²) >= 11 is 0. The zero-order chi connectivity index (χ0) is 37.6. The van der Waals surface area contributed by atoms with Gasteiger partial charge in [0.15, 0.2) is 0 Å². The van der Waals surface area contributed by atoms with Gasteiger partial charge >= 0.3 is 0 Å². The molecular formula is C54H35N3. The molecule has 0 aliphatic heterocycles. The van der Waals surface area contributed by atoms with E-state index in [-0.39, 0.29) is 0 Å². The van der Waals surface area contributed by atoms with Crippen LogP contribution in [-0.4, -0.2) is 14.1 Å². The molecule has 266 valence electrons. The van der Waals surface area contributed by atoms with Crippen LogP contribution in [0.1, 0.15) is 5.56 Å². The Bertz CT molecular complexity index is 3500. The maximum absolute atomic E-state index is 5.02. The highest BCUT2D eigenvalue weighted by atomic mass is 15.1. The summed E-state index contributed by atoms with van der Waals surface area (Å²) < 4.78 is 4.81. The molecule has 9 aromatic carbocycles. The largest absolute Gasteiger partial charge is 0.309 e. The van der Waals surface area contributed by atoms with Crippen LogP contribution in [0.5, 0.6) is 0 Å². The third-order valence-corrected chi connectivity index (χ3v) is 12.0. The molecule has 3 nitrogen and oxygen atoms in total. The Kier molecular flexibility index (Phi) is 6.84. The predicted octanol–water partition coefficient (Wildman–Crippen LogP) is 14.4. The summed E-state index contributed by atoms with van der Waals surface area (Å²) in [7, 11) is 0. The number of para-hydroxylation sites is 1. The van der Waals surface area contributed by atoms with Crippen molar-refractivity contribution < 1.29 is 0 Å². The lowest BCUT2D eigenvalue weighted by molar-refractivity contribution is 1.07. The fourth-order valence-electron chi connectivity index (χ4n) is 9.48. The molecule has 0 aliphatic carbocycles. The Morgan fingerprint density at radius 2 is 0.947 bits per heavy atom. The maximum atomic E-state index is 5.02. The smallest absolute Gasteiger partial charge is 0.137 e. The van der Waals surface area contributed by atoms with Gasteiger partial charge in [0.25, 0.3) is 0 Å². The van der Waals surface area contributed by atoms with E-state index < -0.39 is 0 Å². The van der Waals surface area contributed by atoms with Gasteiger partial charge in [0.2, 0.25) is 0 Å². The molecule has 0 unspecified atom stereocenters. The molecule has 3 heterocycles. The topological polar surface area (TPSA) is 22.8 Å². The van der Waals surface area contributed by atoms with Crippen molar-refractivity contribution in [2.75, 3.05) is 0 Å². The van der Waals surface area contributed by atoms with E-state index >= 15 is 0 Å².